The van der Waals surface area contributed by atoms with Crippen LogP contribution in [0.15, 0.2) is 48.5 Å². The minimum Gasteiger partial charge on any atom is -0.317 e. The zero-order valence-electron chi connectivity index (χ0n) is 13.8. The lowest BCUT2D eigenvalue weighted by atomic mass is 10.0. The molecule has 1 fully saturated rings. The molecule has 0 aliphatic carbocycles. The van der Waals surface area contributed by atoms with Gasteiger partial charge in [0.2, 0.25) is 0 Å². The van der Waals surface area contributed by atoms with Crippen LogP contribution in [0.4, 0.5) is 4.39 Å². The van der Waals surface area contributed by atoms with Gasteiger partial charge in [0.25, 0.3) is 0 Å². The molecule has 0 aromatic heterocycles. The summed E-state index contributed by atoms with van der Waals surface area (Å²) in [5.74, 6) is -0.331. The fourth-order valence-corrected chi connectivity index (χ4v) is 3.56. The molecule has 24 heavy (non-hydrogen) atoms. The van der Waals surface area contributed by atoms with Gasteiger partial charge in [0.15, 0.2) is 0 Å². The van der Waals surface area contributed by atoms with E-state index in [9.17, 15) is 4.39 Å². The summed E-state index contributed by atoms with van der Waals surface area (Å²) < 4.78 is 13.8. The predicted octanol–water partition coefficient (Wildman–Crippen LogP) is 4.28. The average molecular weight is 347 g/mol. The van der Waals surface area contributed by atoms with Crippen LogP contribution in [0.25, 0.3) is 0 Å². The highest BCUT2D eigenvalue weighted by atomic mass is 35.5. The highest BCUT2D eigenvalue weighted by Gasteiger charge is 2.22. The Labute approximate surface area is 148 Å². The summed E-state index contributed by atoms with van der Waals surface area (Å²) in [4.78, 5) is 2.47. The molecule has 1 heterocycles. The molecule has 0 bridgehead atoms. The SMILES string of the molecule is Fc1cccc(CN(CCc2ccccc2)C2CCNCC2)c1Cl. The number of hydrogen-bond acceptors (Lipinski definition) is 2. The number of piperidine rings is 1. The second kappa shape index (κ2) is 8.61. The molecule has 0 radical (unpaired) electrons. The standard InChI is InChI=1S/C20H24ClFN2/c21-20-17(7-4-8-19(20)22)15-24(18-9-12-23-13-10-18)14-11-16-5-2-1-3-6-16/h1-8,18,23H,9-15H2. The Balaban J connectivity index is 1.72. The second-order valence-corrected chi connectivity index (χ2v) is 6.78. The van der Waals surface area contributed by atoms with Gasteiger partial charge in [0.05, 0.1) is 5.02 Å². The molecule has 1 aliphatic rings. The molecule has 2 aromatic rings. The van der Waals surface area contributed by atoms with Crippen molar-refractivity contribution in [3.8, 4) is 0 Å². The first kappa shape index (κ1) is 17.4. The molecule has 0 spiro atoms. The molecule has 0 atom stereocenters. The van der Waals surface area contributed by atoms with Crippen molar-refractivity contribution in [3.63, 3.8) is 0 Å². The first-order valence-corrected chi connectivity index (χ1v) is 9.03. The van der Waals surface area contributed by atoms with Crippen molar-refractivity contribution in [3.05, 3.63) is 70.5 Å². The maximum Gasteiger partial charge on any atom is 0.142 e. The maximum atomic E-state index is 13.8. The van der Waals surface area contributed by atoms with Crippen LogP contribution in [0, 0.1) is 5.82 Å². The highest BCUT2D eigenvalue weighted by Crippen LogP contribution is 2.24. The Hall–Kier alpha value is -1.42. The summed E-state index contributed by atoms with van der Waals surface area (Å²) in [5, 5.41) is 3.68. The van der Waals surface area contributed by atoms with Crippen LogP contribution >= 0.6 is 11.6 Å². The lowest BCUT2D eigenvalue weighted by molar-refractivity contribution is 0.155. The number of nitrogens with zero attached hydrogens (tertiary/aromatic N) is 1. The van der Waals surface area contributed by atoms with Gasteiger partial charge in [0.1, 0.15) is 5.82 Å². The van der Waals surface area contributed by atoms with Gasteiger partial charge in [-0.15, -0.1) is 0 Å². The zero-order chi connectivity index (χ0) is 16.8. The van der Waals surface area contributed by atoms with Gasteiger partial charge in [-0.25, -0.2) is 4.39 Å². The minimum absolute atomic E-state index is 0.260. The lowest BCUT2D eigenvalue weighted by Gasteiger charge is -2.35. The first-order valence-electron chi connectivity index (χ1n) is 8.65. The van der Waals surface area contributed by atoms with Crippen molar-refractivity contribution in [2.75, 3.05) is 19.6 Å². The molecule has 128 valence electrons. The fourth-order valence-electron chi connectivity index (χ4n) is 3.37. The summed E-state index contributed by atoms with van der Waals surface area (Å²) in [6.07, 6.45) is 3.25. The predicted molar refractivity (Wildman–Crippen MR) is 97.9 cm³/mol. The van der Waals surface area contributed by atoms with Gasteiger partial charge in [-0.05, 0) is 49.5 Å². The van der Waals surface area contributed by atoms with E-state index in [1.54, 1.807) is 6.07 Å². The minimum atomic E-state index is -0.331. The van der Waals surface area contributed by atoms with Gasteiger partial charge in [0, 0.05) is 19.1 Å². The van der Waals surface area contributed by atoms with E-state index >= 15 is 0 Å². The highest BCUT2D eigenvalue weighted by molar-refractivity contribution is 6.31. The van der Waals surface area contributed by atoms with Crippen molar-refractivity contribution in [2.45, 2.75) is 31.8 Å². The number of nitrogens with one attached hydrogen (secondary N) is 1. The molecule has 3 rings (SSSR count). The van der Waals surface area contributed by atoms with Crippen LogP contribution in [0.5, 0.6) is 0 Å². The van der Waals surface area contributed by atoms with E-state index in [-0.39, 0.29) is 10.8 Å². The Morgan fingerprint density at radius 3 is 2.54 bits per heavy atom. The van der Waals surface area contributed by atoms with E-state index in [4.69, 9.17) is 11.6 Å². The van der Waals surface area contributed by atoms with E-state index in [0.29, 0.717) is 12.6 Å². The summed E-state index contributed by atoms with van der Waals surface area (Å²) >= 11 is 6.18. The van der Waals surface area contributed by atoms with Gasteiger partial charge >= 0.3 is 0 Å². The average Bonchev–Trinajstić information content (AvgIpc) is 2.63. The molecule has 2 aromatic carbocycles. The smallest absolute Gasteiger partial charge is 0.142 e. The van der Waals surface area contributed by atoms with Crippen LogP contribution in [-0.4, -0.2) is 30.6 Å². The fraction of sp³-hybridized carbons (Fsp3) is 0.400. The Bertz CT molecular complexity index is 641. The summed E-state index contributed by atoms with van der Waals surface area (Å²) in [6.45, 7) is 3.75. The first-order chi connectivity index (χ1) is 11.7. The molecule has 1 N–H and O–H groups in total. The third-order valence-electron chi connectivity index (χ3n) is 4.76. The molecule has 1 aliphatic heterocycles. The van der Waals surface area contributed by atoms with Crippen molar-refractivity contribution in [1.82, 2.24) is 10.2 Å². The van der Waals surface area contributed by atoms with Crippen LogP contribution in [-0.2, 0) is 13.0 Å². The monoisotopic (exact) mass is 346 g/mol. The van der Waals surface area contributed by atoms with Crippen LogP contribution in [0.1, 0.15) is 24.0 Å². The largest absolute Gasteiger partial charge is 0.317 e. The summed E-state index contributed by atoms with van der Waals surface area (Å²) in [6, 6.07) is 16.1. The Morgan fingerprint density at radius 2 is 1.79 bits per heavy atom. The number of halogens is 2. The van der Waals surface area contributed by atoms with Crippen LogP contribution in [0.3, 0.4) is 0 Å². The molecule has 0 saturated carbocycles. The van der Waals surface area contributed by atoms with Gasteiger partial charge in [-0.2, -0.15) is 0 Å². The molecule has 0 amide bonds. The lowest BCUT2D eigenvalue weighted by Crippen LogP contribution is -2.43. The van der Waals surface area contributed by atoms with Gasteiger partial charge < -0.3 is 5.32 Å². The molecular formula is C20H24ClFN2. The molecule has 4 heteroatoms. The number of rotatable bonds is 6. The Morgan fingerprint density at radius 1 is 1.04 bits per heavy atom. The van der Waals surface area contributed by atoms with Gasteiger partial charge in [-0.1, -0.05) is 54.1 Å². The third kappa shape index (κ3) is 4.56. The van der Waals surface area contributed by atoms with E-state index in [2.05, 4.69) is 34.5 Å². The van der Waals surface area contributed by atoms with Crippen molar-refractivity contribution < 1.29 is 4.39 Å². The van der Waals surface area contributed by atoms with E-state index < -0.39 is 0 Å². The van der Waals surface area contributed by atoms with Crippen LogP contribution < -0.4 is 5.32 Å². The number of benzene rings is 2. The quantitative estimate of drug-likeness (QED) is 0.840. The second-order valence-electron chi connectivity index (χ2n) is 6.40. The molecule has 0 unspecified atom stereocenters. The Kier molecular flexibility index (Phi) is 6.24. The van der Waals surface area contributed by atoms with E-state index in [1.807, 2.05) is 12.1 Å². The van der Waals surface area contributed by atoms with Crippen LogP contribution in [0.2, 0.25) is 5.02 Å². The van der Waals surface area contributed by atoms with E-state index in [1.165, 1.54) is 11.6 Å². The molecule has 1 saturated heterocycles. The molecule has 2 nitrogen and oxygen atoms in total. The third-order valence-corrected chi connectivity index (χ3v) is 5.18. The van der Waals surface area contributed by atoms with Crippen molar-refractivity contribution >= 4 is 11.6 Å². The van der Waals surface area contributed by atoms with Crippen molar-refractivity contribution in [2.24, 2.45) is 0 Å². The number of hydrogen-bond donors (Lipinski definition) is 1. The topological polar surface area (TPSA) is 15.3 Å². The molecular weight excluding hydrogens is 323 g/mol. The van der Waals surface area contributed by atoms with Crippen molar-refractivity contribution in [1.29, 1.82) is 0 Å². The summed E-state index contributed by atoms with van der Waals surface area (Å²) in [7, 11) is 0. The van der Waals surface area contributed by atoms with E-state index in [0.717, 1.165) is 44.5 Å². The zero-order valence-corrected chi connectivity index (χ0v) is 14.6. The maximum absolute atomic E-state index is 13.8. The van der Waals surface area contributed by atoms with Gasteiger partial charge in [-0.3, -0.25) is 4.90 Å². The normalized spacial score (nSPS) is 15.8. The summed E-state index contributed by atoms with van der Waals surface area (Å²) in [5.41, 5.74) is 2.21.